The zero-order valence-corrected chi connectivity index (χ0v) is 31.0. The molecule has 0 radical (unpaired) electrons. The van der Waals surface area contributed by atoms with Crippen molar-refractivity contribution >= 4 is 28.7 Å². The summed E-state index contributed by atoms with van der Waals surface area (Å²) < 4.78 is 26.7. The molecule has 1 fully saturated rings. The lowest BCUT2D eigenvalue weighted by molar-refractivity contribution is -0.140. The van der Waals surface area contributed by atoms with Gasteiger partial charge in [-0.1, -0.05) is 25.2 Å². The Balaban J connectivity index is 1.28. The fourth-order valence-electron chi connectivity index (χ4n) is 8.29. The quantitative estimate of drug-likeness (QED) is 0.250. The number of rotatable bonds is 9. The van der Waals surface area contributed by atoms with Gasteiger partial charge in [0.05, 0.1) is 57.5 Å². The summed E-state index contributed by atoms with van der Waals surface area (Å²) in [5.74, 6) is -0.739. The predicted molar refractivity (Wildman–Crippen MR) is 198 cm³/mol. The number of nitrogens with zero attached hydrogens (tertiary/aromatic N) is 5. The van der Waals surface area contributed by atoms with Crippen LogP contribution in [0.3, 0.4) is 0 Å². The fraction of sp³-hybridized carbons (Fsp3) is 0.385. The molecule has 54 heavy (non-hydrogen) atoms. The SMILES string of the molecule is COc1cc2nc(CCn3c(=O)n4n(c3=O)[C@@H]3C[C@H]5C(=O)C(C)=CC(=O)[C@@]5(C)[C@@H](C=Cc5cc(OC)c(O)c(OC)c5)C3=CC4)c(=O)n(C)c2cc1OC. The van der Waals surface area contributed by atoms with E-state index in [1.807, 2.05) is 12.2 Å². The lowest BCUT2D eigenvalue weighted by atomic mass is 9.52. The molecule has 1 N–H and O–H groups in total. The summed E-state index contributed by atoms with van der Waals surface area (Å²) >= 11 is 0. The van der Waals surface area contributed by atoms with Crippen LogP contribution in [0.4, 0.5) is 0 Å². The number of phenols is 1. The molecule has 4 atom stereocenters. The van der Waals surface area contributed by atoms with Gasteiger partial charge in [-0.3, -0.25) is 14.4 Å². The van der Waals surface area contributed by atoms with Crippen LogP contribution in [0.2, 0.25) is 0 Å². The highest BCUT2D eigenvalue weighted by Gasteiger charge is 2.58. The standard InChI is InChI=1S/C39H41N5O10/c1-20-14-33(45)39(2)23(9-8-21-15-31(53-6)35(47)32(16-21)54-7)22-10-13-43-37(49)42(38(50)44(43)27(22)17-24(39)34(20)46)12-11-25-36(48)41(3)28-19-30(52-5)29(51-4)18-26(28)40-25/h8-10,14-16,18-19,23-24,27,47H,11-13,17H2,1-7H3/t23-,24-,27+,39-/m0/s1. The van der Waals surface area contributed by atoms with Crippen molar-refractivity contribution in [2.45, 2.75) is 45.8 Å². The van der Waals surface area contributed by atoms with Crippen molar-refractivity contribution in [3.05, 3.63) is 96.2 Å². The molecule has 0 amide bonds. The first-order chi connectivity index (χ1) is 25.8. The summed E-state index contributed by atoms with van der Waals surface area (Å²) in [6.45, 7) is 3.32. The molecule has 0 bridgehead atoms. The second kappa shape index (κ2) is 13.4. The summed E-state index contributed by atoms with van der Waals surface area (Å²) in [5, 5.41) is 10.5. The van der Waals surface area contributed by atoms with Crippen molar-refractivity contribution in [3.8, 4) is 28.7 Å². The van der Waals surface area contributed by atoms with Gasteiger partial charge >= 0.3 is 11.4 Å². The minimum Gasteiger partial charge on any atom is -0.502 e. The number of aryl methyl sites for hydroxylation is 2. The first-order valence-electron chi connectivity index (χ1n) is 17.4. The number of phenolic OH excluding ortho intramolecular Hbond substituents is 1. The smallest absolute Gasteiger partial charge is 0.347 e. The zero-order valence-electron chi connectivity index (χ0n) is 31.0. The van der Waals surface area contributed by atoms with Gasteiger partial charge in [0, 0.05) is 44.0 Å². The van der Waals surface area contributed by atoms with Gasteiger partial charge in [-0.15, -0.1) is 0 Å². The van der Waals surface area contributed by atoms with Crippen LogP contribution < -0.4 is 35.9 Å². The topological polar surface area (TPSA) is 175 Å². The Hall–Kier alpha value is -6.12. The number of ether oxygens (including phenoxy) is 4. The molecule has 7 rings (SSSR count). The number of hydrogen-bond donors (Lipinski definition) is 1. The molecule has 1 saturated carbocycles. The highest BCUT2D eigenvalue weighted by Crippen LogP contribution is 2.56. The number of aromatic hydroxyl groups is 1. The van der Waals surface area contributed by atoms with Crippen LogP contribution in [0, 0.1) is 17.3 Å². The maximum atomic E-state index is 14.2. The predicted octanol–water partition coefficient (Wildman–Crippen LogP) is 2.98. The van der Waals surface area contributed by atoms with E-state index >= 15 is 0 Å². The largest absolute Gasteiger partial charge is 0.502 e. The molecule has 0 spiro atoms. The average Bonchev–Trinajstić information content (AvgIpc) is 3.41. The molecule has 282 valence electrons. The Morgan fingerprint density at radius 3 is 2.22 bits per heavy atom. The van der Waals surface area contributed by atoms with Gasteiger partial charge in [0.15, 0.2) is 34.6 Å². The molecule has 15 heteroatoms. The Morgan fingerprint density at radius 1 is 0.926 bits per heavy atom. The van der Waals surface area contributed by atoms with Crippen LogP contribution in [0.25, 0.3) is 17.1 Å². The van der Waals surface area contributed by atoms with E-state index in [1.54, 1.807) is 51.2 Å². The van der Waals surface area contributed by atoms with Crippen molar-refractivity contribution in [1.82, 2.24) is 23.5 Å². The van der Waals surface area contributed by atoms with Gasteiger partial charge < -0.3 is 28.6 Å². The Bertz CT molecular complexity index is 2510. The zero-order chi connectivity index (χ0) is 38.8. The summed E-state index contributed by atoms with van der Waals surface area (Å²) in [5.41, 5.74) is 0.103. The van der Waals surface area contributed by atoms with Gasteiger partial charge in [0.2, 0.25) is 5.75 Å². The maximum absolute atomic E-state index is 14.2. The van der Waals surface area contributed by atoms with Crippen molar-refractivity contribution in [1.29, 1.82) is 0 Å². The Morgan fingerprint density at radius 2 is 1.57 bits per heavy atom. The summed E-state index contributed by atoms with van der Waals surface area (Å²) in [6, 6.07) is 5.85. The van der Waals surface area contributed by atoms with Gasteiger partial charge in [-0.2, -0.15) is 0 Å². The molecule has 3 aliphatic rings. The van der Waals surface area contributed by atoms with Gasteiger partial charge in [-0.05, 0) is 48.3 Å². The number of Topliss-reactive ketones (excluding diaryl/α,β-unsaturated/α-hetero) is 1. The number of fused-ring (bicyclic) bond motifs is 5. The minimum atomic E-state index is -1.18. The normalized spacial score (nSPS) is 22.0. The van der Waals surface area contributed by atoms with E-state index in [-0.39, 0.29) is 66.0 Å². The van der Waals surface area contributed by atoms with E-state index in [0.29, 0.717) is 33.7 Å². The number of carbonyl (C=O) groups excluding carboxylic acids is 2. The molecule has 2 aliphatic carbocycles. The van der Waals surface area contributed by atoms with E-state index in [0.717, 1.165) is 10.1 Å². The molecular weight excluding hydrogens is 698 g/mol. The molecule has 1 aliphatic heterocycles. The molecule has 0 saturated heterocycles. The van der Waals surface area contributed by atoms with Gasteiger partial charge in [-0.25, -0.2) is 28.5 Å². The van der Waals surface area contributed by atoms with E-state index < -0.39 is 34.7 Å². The number of aromatic nitrogens is 5. The van der Waals surface area contributed by atoms with Crippen LogP contribution in [-0.2, 0) is 36.1 Å². The highest BCUT2D eigenvalue weighted by molar-refractivity contribution is 6.12. The number of ketones is 2. The van der Waals surface area contributed by atoms with Crippen LogP contribution in [0.5, 0.6) is 28.7 Å². The number of hydrogen-bond acceptors (Lipinski definition) is 11. The van der Waals surface area contributed by atoms with Crippen LogP contribution in [0.15, 0.2) is 68.0 Å². The first-order valence-corrected chi connectivity index (χ1v) is 17.4. The van der Waals surface area contributed by atoms with Crippen LogP contribution >= 0.6 is 0 Å². The van der Waals surface area contributed by atoms with Gasteiger partial charge in [0.1, 0.15) is 5.69 Å². The van der Waals surface area contributed by atoms with Crippen LogP contribution in [0.1, 0.15) is 37.6 Å². The van der Waals surface area contributed by atoms with Crippen LogP contribution in [-0.4, -0.2) is 68.6 Å². The first kappa shape index (κ1) is 36.2. The third-order valence-electron chi connectivity index (χ3n) is 11.3. The van der Waals surface area contributed by atoms with E-state index in [1.165, 1.54) is 48.4 Å². The van der Waals surface area contributed by atoms with E-state index in [9.17, 15) is 29.1 Å². The lowest BCUT2D eigenvalue weighted by Gasteiger charge is -2.51. The second-order valence-electron chi connectivity index (χ2n) is 14.0. The summed E-state index contributed by atoms with van der Waals surface area (Å²) in [4.78, 5) is 73.8. The summed E-state index contributed by atoms with van der Waals surface area (Å²) in [6.07, 6.45) is 6.97. The number of methoxy groups -OCH3 is 4. The minimum absolute atomic E-state index is 0.0103. The maximum Gasteiger partial charge on any atom is 0.347 e. The summed E-state index contributed by atoms with van der Waals surface area (Å²) in [7, 11) is 7.44. The van der Waals surface area contributed by atoms with E-state index in [4.69, 9.17) is 18.9 Å². The molecule has 4 aromatic rings. The third kappa shape index (κ3) is 5.39. The molecule has 15 nitrogen and oxygen atoms in total. The lowest BCUT2D eigenvalue weighted by Crippen LogP contribution is -2.55. The number of benzene rings is 2. The molecular formula is C39H41N5O10. The Labute approximate surface area is 308 Å². The Kier molecular flexibility index (Phi) is 8.98. The average molecular weight is 740 g/mol. The molecule has 2 aromatic carbocycles. The highest BCUT2D eigenvalue weighted by atomic mass is 16.5. The number of allylic oxidation sites excluding steroid dienone is 5. The van der Waals surface area contributed by atoms with Crippen molar-refractivity contribution < 1.29 is 33.6 Å². The monoisotopic (exact) mass is 739 g/mol. The van der Waals surface area contributed by atoms with Crippen molar-refractivity contribution in [2.24, 2.45) is 24.3 Å². The molecule has 3 heterocycles. The van der Waals surface area contributed by atoms with Gasteiger partial charge in [0.25, 0.3) is 5.56 Å². The molecule has 2 aromatic heterocycles. The molecule has 0 unspecified atom stereocenters. The third-order valence-corrected chi connectivity index (χ3v) is 11.3. The second-order valence-corrected chi connectivity index (χ2v) is 14.0. The van der Waals surface area contributed by atoms with E-state index in [2.05, 4.69) is 4.98 Å². The van der Waals surface area contributed by atoms with Crippen molar-refractivity contribution in [3.63, 3.8) is 0 Å². The fourth-order valence-corrected chi connectivity index (χ4v) is 8.29. The number of carbonyl (C=O) groups is 2. The van der Waals surface area contributed by atoms with Crippen molar-refractivity contribution in [2.75, 3.05) is 28.4 Å².